The van der Waals surface area contributed by atoms with E-state index in [1.807, 2.05) is 0 Å². The zero-order valence-electron chi connectivity index (χ0n) is 11.8. The van der Waals surface area contributed by atoms with Crippen molar-refractivity contribution in [1.29, 1.82) is 0 Å². The van der Waals surface area contributed by atoms with Gasteiger partial charge in [-0.25, -0.2) is 9.59 Å². The summed E-state index contributed by atoms with van der Waals surface area (Å²) in [5, 5.41) is 9.15. The Morgan fingerprint density at radius 2 is 1.95 bits per heavy atom. The zero-order chi connectivity index (χ0) is 14.5. The van der Waals surface area contributed by atoms with Crippen LogP contribution in [0.2, 0.25) is 0 Å². The lowest BCUT2D eigenvalue weighted by molar-refractivity contribution is -0.147. The maximum atomic E-state index is 12.4. The first-order chi connectivity index (χ1) is 9.59. The van der Waals surface area contributed by atoms with E-state index in [2.05, 4.69) is 0 Å². The van der Waals surface area contributed by atoms with Crippen LogP contribution in [0.4, 0.5) is 4.79 Å². The van der Waals surface area contributed by atoms with Gasteiger partial charge in [-0.05, 0) is 18.8 Å². The van der Waals surface area contributed by atoms with Gasteiger partial charge in [0.2, 0.25) is 0 Å². The van der Waals surface area contributed by atoms with Crippen LogP contribution in [-0.2, 0) is 14.3 Å². The molecule has 2 fully saturated rings. The lowest BCUT2D eigenvalue weighted by Crippen LogP contribution is -2.56. The molecule has 0 aromatic rings. The van der Waals surface area contributed by atoms with Crippen LogP contribution >= 0.6 is 0 Å². The molecule has 2 saturated heterocycles. The number of hydrogen-bond acceptors (Lipinski definition) is 4. The molecular formula is C13H22N2O5. The van der Waals surface area contributed by atoms with Crippen molar-refractivity contribution in [2.75, 3.05) is 46.6 Å². The molecule has 0 aromatic heterocycles. The van der Waals surface area contributed by atoms with Crippen molar-refractivity contribution in [2.24, 2.45) is 5.92 Å². The number of morpholine rings is 1. The summed E-state index contributed by atoms with van der Waals surface area (Å²) < 4.78 is 10.4. The first-order valence-corrected chi connectivity index (χ1v) is 6.99. The molecule has 0 saturated carbocycles. The number of carboxylic acid groups (broad SMARTS) is 1. The van der Waals surface area contributed by atoms with Gasteiger partial charge < -0.3 is 24.4 Å². The molecule has 7 nitrogen and oxygen atoms in total. The molecule has 1 atom stereocenters. The van der Waals surface area contributed by atoms with Crippen LogP contribution in [0.5, 0.6) is 0 Å². The summed E-state index contributed by atoms with van der Waals surface area (Å²) in [5.41, 5.74) is 0. The van der Waals surface area contributed by atoms with E-state index in [4.69, 9.17) is 14.6 Å². The number of rotatable bonds is 3. The van der Waals surface area contributed by atoms with Crippen molar-refractivity contribution in [3.63, 3.8) is 0 Å². The van der Waals surface area contributed by atoms with Crippen LogP contribution in [0.3, 0.4) is 0 Å². The van der Waals surface area contributed by atoms with Crippen molar-refractivity contribution in [3.05, 3.63) is 0 Å². The van der Waals surface area contributed by atoms with Gasteiger partial charge in [0.15, 0.2) is 6.04 Å². The Bertz CT molecular complexity index is 357. The van der Waals surface area contributed by atoms with Crippen molar-refractivity contribution >= 4 is 12.0 Å². The molecule has 2 amide bonds. The molecule has 0 radical (unpaired) electrons. The third-order valence-electron chi connectivity index (χ3n) is 3.86. The number of carbonyl (C=O) groups is 2. The van der Waals surface area contributed by atoms with E-state index in [1.165, 1.54) is 4.90 Å². The monoisotopic (exact) mass is 286 g/mol. The third kappa shape index (κ3) is 3.61. The second kappa shape index (κ2) is 6.90. The van der Waals surface area contributed by atoms with Gasteiger partial charge in [-0.2, -0.15) is 0 Å². The highest BCUT2D eigenvalue weighted by molar-refractivity contribution is 5.83. The average molecular weight is 286 g/mol. The largest absolute Gasteiger partial charge is 0.480 e. The van der Waals surface area contributed by atoms with E-state index in [1.54, 1.807) is 11.9 Å². The number of urea groups is 1. The van der Waals surface area contributed by atoms with Crippen molar-refractivity contribution in [1.82, 2.24) is 9.80 Å². The smallest absolute Gasteiger partial charge is 0.328 e. The summed E-state index contributed by atoms with van der Waals surface area (Å²) >= 11 is 0. The Morgan fingerprint density at radius 1 is 1.25 bits per heavy atom. The quantitative estimate of drug-likeness (QED) is 0.804. The number of amides is 2. The summed E-state index contributed by atoms with van der Waals surface area (Å²) in [6.45, 7) is 2.90. The summed E-state index contributed by atoms with van der Waals surface area (Å²) in [4.78, 5) is 26.6. The van der Waals surface area contributed by atoms with E-state index in [9.17, 15) is 9.59 Å². The number of carboxylic acids is 1. The molecule has 0 spiro atoms. The standard InChI is InChI=1S/C13H22N2O5/c1-14(8-10-2-5-19-6-3-10)13(18)15-4-7-20-9-11(15)12(16)17/h10-11H,2-9H2,1H3,(H,16,17). The lowest BCUT2D eigenvalue weighted by atomic mass is 10.00. The molecular weight excluding hydrogens is 264 g/mol. The van der Waals surface area contributed by atoms with Crippen molar-refractivity contribution < 1.29 is 24.2 Å². The van der Waals surface area contributed by atoms with E-state index in [0.29, 0.717) is 25.6 Å². The SMILES string of the molecule is CN(CC1CCOCC1)C(=O)N1CCOCC1C(=O)O. The first kappa shape index (κ1) is 15.1. The Labute approximate surface area is 118 Å². The molecule has 2 aliphatic heterocycles. The molecule has 2 heterocycles. The third-order valence-corrected chi connectivity index (χ3v) is 3.86. The minimum Gasteiger partial charge on any atom is -0.480 e. The van der Waals surface area contributed by atoms with Crippen LogP contribution in [0.15, 0.2) is 0 Å². The molecule has 2 rings (SSSR count). The van der Waals surface area contributed by atoms with Crippen LogP contribution in [0.25, 0.3) is 0 Å². The van der Waals surface area contributed by atoms with Crippen molar-refractivity contribution in [2.45, 2.75) is 18.9 Å². The fraction of sp³-hybridized carbons (Fsp3) is 0.846. The topological polar surface area (TPSA) is 79.3 Å². The molecule has 7 heteroatoms. The summed E-state index contributed by atoms with van der Waals surface area (Å²) in [7, 11) is 1.73. The maximum absolute atomic E-state index is 12.4. The van der Waals surface area contributed by atoms with E-state index in [0.717, 1.165) is 26.1 Å². The Balaban J connectivity index is 1.92. The highest BCUT2D eigenvalue weighted by Gasteiger charge is 2.34. The summed E-state index contributed by atoms with van der Waals surface area (Å²) in [5.74, 6) is -0.584. The average Bonchev–Trinajstić information content (AvgIpc) is 2.47. The normalized spacial score (nSPS) is 24.4. The number of carbonyl (C=O) groups excluding carboxylic acids is 1. The van der Waals surface area contributed by atoms with Gasteiger partial charge in [-0.3, -0.25) is 0 Å². The highest BCUT2D eigenvalue weighted by Crippen LogP contribution is 2.17. The first-order valence-electron chi connectivity index (χ1n) is 6.99. The molecule has 20 heavy (non-hydrogen) atoms. The van der Waals surface area contributed by atoms with E-state index in [-0.39, 0.29) is 12.6 Å². The zero-order valence-corrected chi connectivity index (χ0v) is 11.8. The minimum atomic E-state index is -1.02. The second-order valence-electron chi connectivity index (χ2n) is 5.34. The molecule has 2 aliphatic rings. The number of ether oxygens (including phenoxy) is 2. The molecule has 0 aliphatic carbocycles. The second-order valence-corrected chi connectivity index (χ2v) is 5.34. The predicted octanol–water partition coefficient (Wildman–Crippen LogP) is 0.250. The minimum absolute atomic E-state index is 0.0617. The highest BCUT2D eigenvalue weighted by atomic mass is 16.5. The molecule has 0 bridgehead atoms. The van der Waals surface area contributed by atoms with Gasteiger partial charge >= 0.3 is 12.0 Å². The fourth-order valence-corrected chi connectivity index (χ4v) is 2.65. The maximum Gasteiger partial charge on any atom is 0.328 e. The number of hydrogen-bond donors (Lipinski definition) is 1. The number of nitrogens with zero attached hydrogens (tertiary/aromatic N) is 2. The Kier molecular flexibility index (Phi) is 5.19. The van der Waals surface area contributed by atoms with Gasteiger partial charge in [0.05, 0.1) is 13.2 Å². The van der Waals surface area contributed by atoms with Gasteiger partial charge in [-0.1, -0.05) is 0 Å². The van der Waals surface area contributed by atoms with Gasteiger partial charge in [0.1, 0.15) is 0 Å². The van der Waals surface area contributed by atoms with Crippen LogP contribution in [0, 0.1) is 5.92 Å². The van der Waals surface area contributed by atoms with Gasteiger partial charge in [-0.15, -0.1) is 0 Å². The Hall–Kier alpha value is -1.34. The molecule has 1 unspecified atom stereocenters. The van der Waals surface area contributed by atoms with Crippen LogP contribution in [-0.4, -0.2) is 79.5 Å². The summed E-state index contributed by atoms with van der Waals surface area (Å²) in [6, 6.07) is -1.11. The predicted molar refractivity (Wildman–Crippen MR) is 70.5 cm³/mol. The van der Waals surface area contributed by atoms with Gasteiger partial charge in [0.25, 0.3) is 0 Å². The fourth-order valence-electron chi connectivity index (χ4n) is 2.65. The number of aliphatic carboxylic acids is 1. The lowest BCUT2D eigenvalue weighted by Gasteiger charge is -2.37. The summed E-state index contributed by atoms with van der Waals surface area (Å²) in [6.07, 6.45) is 1.90. The molecule has 0 aromatic carbocycles. The van der Waals surface area contributed by atoms with Gasteiger partial charge in [0, 0.05) is 33.4 Å². The van der Waals surface area contributed by atoms with Crippen LogP contribution < -0.4 is 0 Å². The van der Waals surface area contributed by atoms with Crippen molar-refractivity contribution in [3.8, 4) is 0 Å². The molecule has 1 N–H and O–H groups in total. The van der Waals surface area contributed by atoms with Crippen LogP contribution in [0.1, 0.15) is 12.8 Å². The Morgan fingerprint density at radius 3 is 2.60 bits per heavy atom. The molecule has 114 valence electrons. The van der Waals surface area contributed by atoms with E-state index >= 15 is 0 Å². The van der Waals surface area contributed by atoms with E-state index < -0.39 is 12.0 Å².